The molecule has 0 radical (unpaired) electrons. The molecule has 0 aliphatic heterocycles. The molecule has 174 valence electrons. The molecule has 0 bridgehead atoms. The number of aliphatic imine (C=N–C) groups is 1. The summed E-state index contributed by atoms with van der Waals surface area (Å²) in [5, 5.41) is 9.33. The zero-order valence-electron chi connectivity index (χ0n) is 18.6. The minimum atomic E-state index is -0.158. The van der Waals surface area contributed by atoms with Crippen LogP contribution in [0.25, 0.3) is 0 Å². The summed E-state index contributed by atoms with van der Waals surface area (Å²) in [6, 6.07) is 14.6. The molecule has 1 aliphatic rings. The van der Waals surface area contributed by atoms with Crippen LogP contribution in [0.5, 0.6) is 5.75 Å². The summed E-state index contributed by atoms with van der Waals surface area (Å²) in [6.07, 6.45) is 1.93. The molecule has 6 nitrogen and oxygen atoms in total. The maximum atomic E-state index is 14.3. The summed E-state index contributed by atoms with van der Waals surface area (Å²) in [4.78, 5) is 16.2. The number of halogens is 2. The number of ether oxygens (including phenoxy) is 1. The smallest absolute Gasteiger partial charge is 0.257 e. The number of benzene rings is 2. The first-order chi connectivity index (χ1) is 15.1. The van der Waals surface area contributed by atoms with Crippen molar-refractivity contribution < 1.29 is 13.9 Å². The normalized spacial score (nSPS) is 14.2. The predicted octanol–water partition coefficient (Wildman–Crippen LogP) is 3.75. The average molecular weight is 554 g/mol. The molecule has 0 saturated heterocycles. The zero-order valence-corrected chi connectivity index (χ0v) is 20.9. The monoisotopic (exact) mass is 554 g/mol. The van der Waals surface area contributed by atoms with Gasteiger partial charge in [-0.2, -0.15) is 0 Å². The fourth-order valence-corrected chi connectivity index (χ4v) is 3.48. The van der Waals surface area contributed by atoms with Crippen LogP contribution in [0.15, 0.2) is 53.5 Å². The minimum Gasteiger partial charge on any atom is -0.484 e. The quantitative estimate of drug-likeness (QED) is 0.238. The Morgan fingerprint density at radius 3 is 2.50 bits per heavy atom. The second-order valence-corrected chi connectivity index (χ2v) is 7.70. The van der Waals surface area contributed by atoms with Crippen LogP contribution in [0.1, 0.15) is 37.8 Å². The molecule has 0 atom stereocenters. The van der Waals surface area contributed by atoms with Gasteiger partial charge in [0.1, 0.15) is 11.6 Å². The molecule has 8 heteroatoms. The van der Waals surface area contributed by atoms with Crippen LogP contribution in [0.4, 0.5) is 4.39 Å². The summed E-state index contributed by atoms with van der Waals surface area (Å²) in [5.74, 6) is 1.04. The first-order valence-electron chi connectivity index (χ1n) is 10.8. The molecule has 0 aromatic heterocycles. The van der Waals surface area contributed by atoms with E-state index in [-0.39, 0.29) is 47.7 Å². The molecular formula is C24H32FIN4O2. The van der Waals surface area contributed by atoms with Gasteiger partial charge in [0.05, 0.1) is 6.54 Å². The van der Waals surface area contributed by atoms with Gasteiger partial charge in [-0.1, -0.05) is 30.3 Å². The number of carbonyl (C=O) groups is 1. The summed E-state index contributed by atoms with van der Waals surface area (Å²) in [5.41, 5.74) is 1.59. The second-order valence-electron chi connectivity index (χ2n) is 7.70. The van der Waals surface area contributed by atoms with E-state index >= 15 is 0 Å². The Bertz CT molecular complexity index is 918. The van der Waals surface area contributed by atoms with Crippen molar-refractivity contribution in [3.8, 4) is 5.75 Å². The Balaban J connectivity index is 0.00000363. The lowest BCUT2D eigenvalue weighted by Crippen LogP contribution is -2.41. The summed E-state index contributed by atoms with van der Waals surface area (Å²) in [6.45, 7) is 6.27. The van der Waals surface area contributed by atoms with Crippen LogP contribution in [0, 0.1) is 5.82 Å². The highest BCUT2D eigenvalue weighted by Crippen LogP contribution is 2.48. The van der Waals surface area contributed by atoms with Crippen molar-refractivity contribution in [1.29, 1.82) is 0 Å². The standard InChI is InChI=1S/C24H31FN4O2.HI/c1-3-26-22(30)16-31-19-9-7-8-18(14-19)15-28-23(27-4-2)29-17-24(12-13-24)20-10-5-6-11-21(20)25;/h5-11,14H,3-4,12-13,15-17H2,1-2H3,(H,26,30)(H2,27,28,29);1H. The lowest BCUT2D eigenvalue weighted by atomic mass is 9.95. The van der Waals surface area contributed by atoms with Crippen LogP contribution in [0.2, 0.25) is 0 Å². The van der Waals surface area contributed by atoms with Crippen LogP contribution in [-0.4, -0.2) is 38.1 Å². The number of amides is 1. The van der Waals surface area contributed by atoms with E-state index in [1.165, 1.54) is 6.07 Å². The molecule has 1 fully saturated rings. The Hall–Kier alpha value is -2.36. The first kappa shape index (κ1) is 25.9. The summed E-state index contributed by atoms with van der Waals surface area (Å²) < 4.78 is 19.8. The predicted molar refractivity (Wildman–Crippen MR) is 136 cm³/mol. The Morgan fingerprint density at radius 2 is 1.81 bits per heavy atom. The Labute approximate surface area is 206 Å². The Kier molecular flexibility index (Phi) is 10.2. The van der Waals surface area contributed by atoms with Crippen LogP contribution in [0.3, 0.4) is 0 Å². The van der Waals surface area contributed by atoms with Crippen molar-refractivity contribution in [2.45, 2.75) is 38.6 Å². The van der Waals surface area contributed by atoms with Crippen molar-refractivity contribution in [3.63, 3.8) is 0 Å². The number of rotatable bonds is 10. The van der Waals surface area contributed by atoms with Gasteiger partial charge in [0, 0.05) is 25.0 Å². The largest absolute Gasteiger partial charge is 0.484 e. The van der Waals surface area contributed by atoms with Gasteiger partial charge in [0.15, 0.2) is 12.6 Å². The zero-order chi connectivity index (χ0) is 22.1. The summed E-state index contributed by atoms with van der Waals surface area (Å²) in [7, 11) is 0. The van der Waals surface area contributed by atoms with Crippen molar-refractivity contribution in [2.24, 2.45) is 4.99 Å². The first-order valence-corrected chi connectivity index (χ1v) is 10.8. The second kappa shape index (κ2) is 12.6. The third kappa shape index (κ3) is 7.36. The fraction of sp³-hybridized carbons (Fsp3) is 0.417. The van der Waals surface area contributed by atoms with E-state index in [1.807, 2.05) is 50.2 Å². The number of hydrogen-bond acceptors (Lipinski definition) is 3. The third-order valence-electron chi connectivity index (χ3n) is 5.30. The van der Waals surface area contributed by atoms with Gasteiger partial charge < -0.3 is 20.7 Å². The van der Waals surface area contributed by atoms with Crippen molar-refractivity contribution >= 4 is 35.8 Å². The van der Waals surface area contributed by atoms with Crippen LogP contribution in [-0.2, 0) is 16.8 Å². The van der Waals surface area contributed by atoms with Gasteiger partial charge >= 0.3 is 0 Å². The third-order valence-corrected chi connectivity index (χ3v) is 5.30. The number of nitrogens with one attached hydrogen (secondary N) is 3. The molecule has 1 saturated carbocycles. The lowest BCUT2D eigenvalue weighted by Gasteiger charge is -2.19. The van der Waals surface area contributed by atoms with Gasteiger partial charge in [0.25, 0.3) is 5.91 Å². The van der Waals surface area contributed by atoms with Gasteiger partial charge in [0.2, 0.25) is 0 Å². The molecule has 32 heavy (non-hydrogen) atoms. The van der Waals surface area contributed by atoms with E-state index < -0.39 is 0 Å². The van der Waals surface area contributed by atoms with Crippen molar-refractivity contribution in [2.75, 3.05) is 26.2 Å². The van der Waals surface area contributed by atoms with Crippen molar-refractivity contribution in [1.82, 2.24) is 16.0 Å². The molecule has 2 aromatic carbocycles. The lowest BCUT2D eigenvalue weighted by molar-refractivity contribution is -0.122. The van der Waals surface area contributed by atoms with E-state index in [0.717, 1.165) is 30.5 Å². The van der Waals surface area contributed by atoms with Gasteiger partial charge in [-0.05, 0) is 56.0 Å². The number of nitrogens with zero attached hydrogens (tertiary/aromatic N) is 1. The van der Waals surface area contributed by atoms with Crippen LogP contribution < -0.4 is 20.7 Å². The maximum absolute atomic E-state index is 14.3. The van der Waals surface area contributed by atoms with Gasteiger partial charge in [-0.25, -0.2) is 9.38 Å². The van der Waals surface area contributed by atoms with Crippen LogP contribution >= 0.6 is 24.0 Å². The fourth-order valence-electron chi connectivity index (χ4n) is 3.48. The van der Waals surface area contributed by atoms with E-state index in [4.69, 9.17) is 4.74 Å². The summed E-state index contributed by atoms with van der Waals surface area (Å²) >= 11 is 0. The number of guanidine groups is 1. The van der Waals surface area contributed by atoms with Gasteiger partial charge in [-0.15, -0.1) is 24.0 Å². The SMILES string of the molecule is CCNC(=O)COc1cccc(CN=C(NCC)NCC2(c3ccccc3F)CC2)c1.I. The molecule has 1 aliphatic carbocycles. The average Bonchev–Trinajstić information content (AvgIpc) is 3.56. The minimum absolute atomic E-state index is 0. The molecule has 1 amide bonds. The number of hydrogen-bond donors (Lipinski definition) is 3. The van der Waals surface area contributed by atoms with E-state index in [1.54, 1.807) is 6.07 Å². The van der Waals surface area contributed by atoms with E-state index in [2.05, 4.69) is 20.9 Å². The molecule has 3 N–H and O–H groups in total. The Morgan fingerprint density at radius 1 is 1.06 bits per heavy atom. The molecule has 0 spiro atoms. The molecule has 0 heterocycles. The highest BCUT2D eigenvalue weighted by Gasteiger charge is 2.45. The molecule has 2 aromatic rings. The number of likely N-dealkylation sites (N-methyl/N-ethyl adjacent to an activating group) is 1. The van der Waals surface area contributed by atoms with E-state index in [0.29, 0.717) is 31.3 Å². The molecule has 0 unspecified atom stereocenters. The molecular weight excluding hydrogens is 522 g/mol. The highest BCUT2D eigenvalue weighted by atomic mass is 127. The molecule has 3 rings (SSSR count). The topological polar surface area (TPSA) is 74.8 Å². The van der Waals surface area contributed by atoms with Gasteiger partial charge in [-0.3, -0.25) is 4.79 Å². The maximum Gasteiger partial charge on any atom is 0.257 e. The van der Waals surface area contributed by atoms with Crippen molar-refractivity contribution in [3.05, 3.63) is 65.5 Å². The number of carbonyl (C=O) groups excluding carboxylic acids is 1. The highest BCUT2D eigenvalue weighted by molar-refractivity contribution is 14.0. The van der Waals surface area contributed by atoms with E-state index in [9.17, 15) is 9.18 Å².